The lowest BCUT2D eigenvalue weighted by Gasteiger charge is -2.12. The van der Waals surface area contributed by atoms with E-state index in [0.29, 0.717) is 17.9 Å². The summed E-state index contributed by atoms with van der Waals surface area (Å²) in [6.07, 6.45) is 0. The molecule has 1 aromatic rings. The molecule has 0 saturated carbocycles. The summed E-state index contributed by atoms with van der Waals surface area (Å²) in [7, 11) is 5.48. The summed E-state index contributed by atoms with van der Waals surface area (Å²) < 4.78 is 6.01. The largest absolute Gasteiger partial charge is 0.496 e. The topological polar surface area (TPSA) is 41.6 Å². The second-order valence-electron chi connectivity index (χ2n) is 3.90. The molecule has 0 aliphatic rings. The number of methoxy groups -OCH3 is 1. The van der Waals surface area contributed by atoms with Crippen molar-refractivity contribution in [1.82, 2.24) is 10.2 Å². The predicted octanol–water partition coefficient (Wildman–Crippen LogP) is 1.75. The van der Waals surface area contributed by atoms with Crippen molar-refractivity contribution in [2.45, 2.75) is 0 Å². The number of hydrogen-bond acceptors (Lipinski definition) is 3. The van der Waals surface area contributed by atoms with E-state index in [2.05, 4.69) is 21.2 Å². The first-order valence-electron chi connectivity index (χ1n) is 5.31. The first kappa shape index (κ1) is 14.0. The van der Waals surface area contributed by atoms with Gasteiger partial charge in [0.15, 0.2) is 0 Å². The molecule has 0 aliphatic heterocycles. The van der Waals surface area contributed by atoms with Gasteiger partial charge in [0.25, 0.3) is 5.91 Å². The van der Waals surface area contributed by atoms with Crippen molar-refractivity contribution in [3.63, 3.8) is 0 Å². The summed E-state index contributed by atoms with van der Waals surface area (Å²) in [4.78, 5) is 13.9. The molecular formula is C12H17BrN2O2. The third kappa shape index (κ3) is 4.36. The molecule has 0 heterocycles. The Balaban J connectivity index is 2.70. The molecule has 0 spiro atoms. The second-order valence-corrected chi connectivity index (χ2v) is 4.82. The molecule has 0 aliphatic carbocycles. The minimum absolute atomic E-state index is 0.120. The molecule has 0 saturated heterocycles. The molecule has 94 valence electrons. The van der Waals surface area contributed by atoms with Crippen molar-refractivity contribution >= 4 is 21.8 Å². The first-order valence-corrected chi connectivity index (χ1v) is 6.10. The molecule has 0 unspecified atom stereocenters. The SMILES string of the molecule is COc1ccc(Br)cc1C(=O)NCCN(C)C. The van der Waals surface area contributed by atoms with E-state index in [1.54, 1.807) is 19.2 Å². The number of carbonyl (C=O) groups is 1. The number of ether oxygens (including phenoxy) is 1. The third-order valence-corrected chi connectivity index (χ3v) is 2.74. The van der Waals surface area contributed by atoms with Gasteiger partial charge in [0, 0.05) is 17.6 Å². The number of carbonyl (C=O) groups excluding carboxylic acids is 1. The second kappa shape index (κ2) is 6.61. The number of amides is 1. The van der Waals surface area contributed by atoms with E-state index in [9.17, 15) is 4.79 Å². The monoisotopic (exact) mass is 300 g/mol. The van der Waals surface area contributed by atoms with E-state index in [-0.39, 0.29) is 5.91 Å². The highest BCUT2D eigenvalue weighted by molar-refractivity contribution is 9.10. The lowest BCUT2D eigenvalue weighted by molar-refractivity contribution is 0.0948. The van der Waals surface area contributed by atoms with Crippen molar-refractivity contribution in [2.75, 3.05) is 34.3 Å². The normalized spacial score (nSPS) is 10.4. The van der Waals surface area contributed by atoms with Gasteiger partial charge in [-0.15, -0.1) is 0 Å². The molecule has 1 rings (SSSR count). The lowest BCUT2D eigenvalue weighted by atomic mass is 10.2. The highest BCUT2D eigenvalue weighted by atomic mass is 79.9. The molecule has 0 fully saturated rings. The number of rotatable bonds is 5. The van der Waals surface area contributed by atoms with Gasteiger partial charge < -0.3 is 15.0 Å². The number of benzene rings is 1. The van der Waals surface area contributed by atoms with E-state index >= 15 is 0 Å². The maximum absolute atomic E-state index is 11.9. The Kier molecular flexibility index (Phi) is 5.44. The van der Waals surface area contributed by atoms with E-state index in [0.717, 1.165) is 11.0 Å². The van der Waals surface area contributed by atoms with E-state index in [1.807, 2.05) is 25.1 Å². The van der Waals surface area contributed by atoms with Crippen LogP contribution >= 0.6 is 15.9 Å². The minimum Gasteiger partial charge on any atom is -0.496 e. The Morgan fingerprint density at radius 3 is 2.76 bits per heavy atom. The molecule has 4 nitrogen and oxygen atoms in total. The average Bonchev–Trinajstić information content (AvgIpc) is 2.28. The quantitative estimate of drug-likeness (QED) is 0.901. The summed E-state index contributed by atoms with van der Waals surface area (Å²) >= 11 is 3.34. The van der Waals surface area contributed by atoms with Gasteiger partial charge in [-0.2, -0.15) is 0 Å². The van der Waals surface area contributed by atoms with Crippen LogP contribution in [0.3, 0.4) is 0 Å². The number of hydrogen-bond donors (Lipinski definition) is 1. The van der Waals surface area contributed by atoms with Crippen LogP contribution in [0.25, 0.3) is 0 Å². The smallest absolute Gasteiger partial charge is 0.255 e. The molecule has 1 N–H and O–H groups in total. The van der Waals surface area contributed by atoms with Gasteiger partial charge in [0.05, 0.1) is 12.7 Å². The Hall–Kier alpha value is -1.07. The van der Waals surface area contributed by atoms with Crippen LogP contribution in [0.5, 0.6) is 5.75 Å². The van der Waals surface area contributed by atoms with Crippen LogP contribution in [-0.4, -0.2) is 45.1 Å². The Labute approximate surface area is 110 Å². The fraction of sp³-hybridized carbons (Fsp3) is 0.417. The van der Waals surface area contributed by atoms with Gasteiger partial charge in [-0.3, -0.25) is 4.79 Å². The Bertz CT molecular complexity index is 394. The summed E-state index contributed by atoms with van der Waals surface area (Å²) in [6, 6.07) is 5.37. The van der Waals surface area contributed by atoms with Gasteiger partial charge >= 0.3 is 0 Å². The Morgan fingerprint density at radius 1 is 1.47 bits per heavy atom. The lowest BCUT2D eigenvalue weighted by Crippen LogP contribution is -2.31. The van der Waals surface area contributed by atoms with Crippen LogP contribution in [-0.2, 0) is 0 Å². The molecule has 0 bridgehead atoms. The van der Waals surface area contributed by atoms with Crippen LogP contribution in [0.15, 0.2) is 22.7 Å². The molecule has 17 heavy (non-hydrogen) atoms. The van der Waals surface area contributed by atoms with Gasteiger partial charge in [-0.05, 0) is 32.3 Å². The molecule has 1 amide bonds. The van der Waals surface area contributed by atoms with Crippen molar-refractivity contribution in [1.29, 1.82) is 0 Å². The summed E-state index contributed by atoms with van der Waals surface area (Å²) in [5, 5.41) is 2.85. The molecule has 0 radical (unpaired) electrons. The number of nitrogens with one attached hydrogen (secondary N) is 1. The zero-order valence-corrected chi connectivity index (χ0v) is 11.9. The fourth-order valence-electron chi connectivity index (χ4n) is 1.35. The zero-order valence-electron chi connectivity index (χ0n) is 10.3. The highest BCUT2D eigenvalue weighted by Crippen LogP contribution is 2.22. The number of nitrogens with zero attached hydrogens (tertiary/aromatic N) is 1. The third-order valence-electron chi connectivity index (χ3n) is 2.25. The standard InChI is InChI=1S/C12H17BrN2O2/c1-15(2)7-6-14-12(16)10-8-9(13)4-5-11(10)17-3/h4-5,8H,6-7H2,1-3H3,(H,14,16). The molecule has 1 aromatic carbocycles. The summed E-state index contributed by atoms with van der Waals surface area (Å²) in [5.74, 6) is 0.459. The summed E-state index contributed by atoms with van der Waals surface area (Å²) in [6.45, 7) is 1.42. The number of likely N-dealkylation sites (N-methyl/N-ethyl adjacent to an activating group) is 1. The summed E-state index contributed by atoms with van der Waals surface area (Å²) in [5.41, 5.74) is 0.542. The van der Waals surface area contributed by atoms with Gasteiger partial charge in [-0.25, -0.2) is 0 Å². The average molecular weight is 301 g/mol. The minimum atomic E-state index is -0.120. The van der Waals surface area contributed by atoms with E-state index in [4.69, 9.17) is 4.74 Å². The van der Waals surface area contributed by atoms with Crippen LogP contribution in [0.1, 0.15) is 10.4 Å². The van der Waals surface area contributed by atoms with Gasteiger partial charge in [0.2, 0.25) is 0 Å². The van der Waals surface area contributed by atoms with Crippen LogP contribution in [0.4, 0.5) is 0 Å². The van der Waals surface area contributed by atoms with Crippen LogP contribution < -0.4 is 10.1 Å². The van der Waals surface area contributed by atoms with Gasteiger partial charge in [0.1, 0.15) is 5.75 Å². The zero-order chi connectivity index (χ0) is 12.8. The van der Waals surface area contributed by atoms with Gasteiger partial charge in [-0.1, -0.05) is 15.9 Å². The highest BCUT2D eigenvalue weighted by Gasteiger charge is 2.12. The van der Waals surface area contributed by atoms with Crippen molar-refractivity contribution in [3.8, 4) is 5.75 Å². The molecule has 0 aromatic heterocycles. The van der Waals surface area contributed by atoms with Crippen molar-refractivity contribution in [3.05, 3.63) is 28.2 Å². The fourth-order valence-corrected chi connectivity index (χ4v) is 1.71. The van der Waals surface area contributed by atoms with Crippen molar-refractivity contribution < 1.29 is 9.53 Å². The maximum atomic E-state index is 11.9. The molecule has 5 heteroatoms. The molecule has 0 atom stereocenters. The molecular weight excluding hydrogens is 284 g/mol. The Morgan fingerprint density at radius 2 is 2.18 bits per heavy atom. The number of halogens is 1. The van der Waals surface area contributed by atoms with E-state index < -0.39 is 0 Å². The van der Waals surface area contributed by atoms with Crippen molar-refractivity contribution in [2.24, 2.45) is 0 Å². The van der Waals surface area contributed by atoms with Crippen LogP contribution in [0, 0.1) is 0 Å². The first-order chi connectivity index (χ1) is 8.04. The maximum Gasteiger partial charge on any atom is 0.255 e. The van der Waals surface area contributed by atoms with Crippen LogP contribution in [0.2, 0.25) is 0 Å². The van der Waals surface area contributed by atoms with E-state index in [1.165, 1.54) is 0 Å². The predicted molar refractivity (Wildman–Crippen MR) is 71.6 cm³/mol.